The van der Waals surface area contributed by atoms with Crippen LogP contribution in [0.4, 0.5) is 0 Å². The molecule has 0 radical (unpaired) electrons. The van der Waals surface area contributed by atoms with Crippen LogP contribution < -0.4 is 15.4 Å². The molecule has 1 atom stereocenters. The molecule has 1 aromatic carbocycles. The van der Waals surface area contributed by atoms with Gasteiger partial charge in [0.25, 0.3) is 0 Å². The van der Waals surface area contributed by atoms with Crippen LogP contribution >= 0.6 is 24.0 Å². The Hall–Kier alpha value is -0.910. The Kier molecular flexibility index (Phi) is 11.9. The number of guanidine groups is 1. The monoisotopic (exact) mass is 510 g/mol. The maximum atomic E-state index is 12.1. The van der Waals surface area contributed by atoms with Crippen LogP contribution in [0.3, 0.4) is 0 Å². The van der Waals surface area contributed by atoms with Gasteiger partial charge in [-0.25, -0.2) is 18.1 Å². The van der Waals surface area contributed by atoms with Gasteiger partial charge in [-0.1, -0.05) is 30.3 Å². The van der Waals surface area contributed by atoms with Gasteiger partial charge < -0.3 is 15.4 Å². The lowest BCUT2D eigenvalue weighted by Crippen LogP contribution is -2.42. The summed E-state index contributed by atoms with van der Waals surface area (Å²) in [5.74, 6) is 0.609. The van der Waals surface area contributed by atoms with Crippen LogP contribution in [0.2, 0.25) is 0 Å². The Bertz CT molecular complexity index is 650. The third kappa shape index (κ3) is 10.3. The van der Waals surface area contributed by atoms with Crippen molar-refractivity contribution in [2.75, 3.05) is 32.0 Å². The molecule has 154 valence electrons. The van der Waals surface area contributed by atoms with E-state index in [4.69, 9.17) is 4.74 Å². The number of halogens is 1. The molecule has 1 unspecified atom stereocenters. The predicted octanol–water partition coefficient (Wildman–Crippen LogP) is 1.85. The Morgan fingerprint density at radius 3 is 2.67 bits per heavy atom. The highest BCUT2D eigenvalue weighted by molar-refractivity contribution is 14.0. The van der Waals surface area contributed by atoms with Crippen molar-refractivity contribution >= 4 is 40.0 Å². The highest BCUT2D eigenvalue weighted by atomic mass is 127. The molecular weight excluding hydrogens is 479 g/mol. The number of aliphatic imine (C=N–C) groups is 1. The molecule has 7 nitrogen and oxygen atoms in total. The van der Waals surface area contributed by atoms with E-state index in [1.54, 1.807) is 0 Å². The van der Waals surface area contributed by atoms with Crippen LogP contribution in [0.5, 0.6) is 0 Å². The van der Waals surface area contributed by atoms with Gasteiger partial charge in [-0.2, -0.15) is 0 Å². The van der Waals surface area contributed by atoms with Gasteiger partial charge in [0.05, 0.1) is 18.4 Å². The SMILES string of the molecule is CCNC(=NCc1ccccc1)NCCS(=O)(=O)NCC1CCCCO1.I. The van der Waals surface area contributed by atoms with Gasteiger partial charge in [-0.05, 0) is 31.7 Å². The maximum Gasteiger partial charge on any atom is 0.213 e. The molecule has 27 heavy (non-hydrogen) atoms. The first-order valence-electron chi connectivity index (χ1n) is 9.24. The minimum atomic E-state index is -3.33. The summed E-state index contributed by atoms with van der Waals surface area (Å²) in [5.41, 5.74) is 1.10. The summed E-state index contributed by atoms with van der Waals surface area (Å²) in [6.07, 6.45) is 3.06. The summed E-state index contributed by atoms with van der Waals surface area (Å²) in [7, 11) is -3.33. The molecule has 0 aromatic heterocycles. The van der Waals surface area contributed by atoms with E-state index in [0.717, 1.165) is 31.4 Å². The molecular formula is C18H31IN4O3S. The van der Waals surface area contributed by atoms with Gasteiger partial charge in [0.2, 0.25) is 10.0 Å². The zero-order chi connectivity index (χ0) is 18.7. The van der Waals surface area contributed by atoms with Gasteiger partial charge in [0.1, 0.15) is 0 Å². The molecule has 1 aromatic rings. The number of hydrogen-bond acceptors (Lipinski definition) is 4. The van der Waals surface area contributed by atoms with E-state index in [1.807, 2.05) is 37.3 Å². The van der Waals surface area contributed by atoms with Crippen molar-refractivity contribution in [2.24, 2.45) is 4.99 Å². The molecule has 3 N–H and O–H groups in total. The van der Waals surface area contributed by atoms with E-state index in [9.17, 15) is 8.42 Å². The first-order chi connectivity index (χ1) is 12.6. The summed E-state index contributed by atoms with van der Waals surface area (Å²) < 4.78 is 32.4. The van der Waals surface area contributed by atoms with Crippen LogP contribution in [0.15, 0.2) is 35.3 Å². The van der Waals surface area contributed by atoms with Crippen molar-refractivity contribution in [3.8, 4) is 0 Å². The smallest absolute Gasteiger partial charge is 0.213 e. The third-order valence-electron chi connectivity index (χ3n) is 4.07. The molecule has 1 aliphatic rings. The number of benzene rings is 1. The average molecular weight is 510 g/mol. The van der Waals surface area contributed by atoms with Crippen LogP contribution in [0, 0.1) is 0 Å². The average Bonchev–Trinajstić information content (AvgIpc) is 2.66. The zero-order valence-corrected chi connectivity index (χ0v) is 19.0. The van der Waals surface area contributed by atoms with Crippen LogP contribution in [0.25, 0.3) is 0 Å². The highest BCUT2D eigenvalue weighted by Crippen LogP contribution is 2.11. The second-order valence-electron chi connectivity index (χ2n) is 6.26. The van der Waals surface area contributed by atoms with Crippen molar-refractivity contribution in [2.45, 2.75) is 38.8 Å². The molecule has 1 heterocycles. The number of sulfonamides is 1. The van der Waals surface area contributed by atoms with Gasteiger partial charge in [-0.15, -0.1) is 24.0 Å². The highest BCUT2D eigenvalue weighted by Gasteiger charge is 2.17. The lowest BCUT2D eigenvalue weighted by Gasteiger charge is -2.22. The molecule has 0 saturated carbocycles. The minimum absolute atomic E-state index is 0. The first kappa shape index (κ1) is 24.1. The van der Waals surface area contributed by atoms with E-state index in [0.29, 0.717) is 32.1 Å². The second-order valence-corrected chi connectivity index (χ2v) is 8.19. The Labute approximate surface area is 179 Å². The standard InChI is InChI=1S/C18H30N4O3S.HI/c1-2-19-18(21-14-16-8-4-3-5-9-16)20-11-13-26(23,24)22-15-17-10-6-7-12-25-17;/h3-5,8-9,17,22H,2,6-7,10-15H2,1H3,(H2,19,20,21);1H. The fraction of sp³-hybridized carbons (Fsp3) is 0.611. The van der Waals surface area contributed by atoms with Gasteiger partial charge >= 0.3 is 0 Å². The molecule has 1 fully saturated rings. The summed E-state index contributed by atoms with van der Waals surface area (Å²) in [6, 6.07) is 9.93. The van der Waals surface area contributed by atoms with Crippen molar-refractivity contribution in [3.05, 3.63) is 35.9 Å². The molecule has 2 rings (SSSR count). The molecule has 0 aliphatic carbocycles. The molecule has 0 amide bonds. The van der Waals surface area contributed by atoms with E-state index in [-0.39, 0.29) is 35.8 Å². The number of hydrogen-bond donors (Lipinski definition) is 3. The van der Waals surface area contributed by atoms with E-state index in [2.05, 4.69) is 20.3 Å². The largest absolute Gasteiger partial charge is 0.377 e. The third-order valence-corrected chi connectivity index (χ3v) is 5.42. The van der Waals surface area contributed by atoms with Gasteiger partial charge in [0, 0.05) is 26.2 Å². The molecule has 9 heteroatoms. The minimum Gasteiger partial charge on any atom is -0.377 e. The van der Waals surface area contributed by atoms with Crippen molar-refractivity contribution in [1.82, 2.24) is 15.4 Å². The topological polar surface area (TPSA) is 91.8 Å². The normalized spacial score (nSPS) is 17.8. The van der Waals surface area contributed by atoms with E-state index >= 15 is 0 Å². The van der Waals surface area contributed by atoms with Crippen LogP contribution in [0.1, 0.15) is 31.7 Å². The summed E-state index contributed by atoms with van der Waals surface area (Å²) >= 11 is 0. The predicted molar refractivity (Wildman–Crippen MR) is 120 cm³/mol. The number of nitrogens with zero attached hydrogens (tertiary/aromatic N) is 1. The Balaban J connectivity index is 0.00000364. The maximum absolute atomic E-state index is 12.1. The quantitative estimate of drug-likeness (QED) is 0.268. The van der Waals surface area contributed by atoms with Crippen LogP contribution in [-0.4, -0.2) is 52.5 Å². The second kappa shape index (κ2) is 13.3. The van der Waals surface area contributed by atoms with Gasteiger partial charge in [0.15, 0.2) is 5.96 Å². The lowest BCUT2D eigenvalue weighted by atomic mass is 10.1. The fourth-order valence-electron chi connectivity index (χ4n) is 2.66. The molecule has 0 spiro atoms. The summed E-state index contributed by atoms with van der Waals surface area (Å²) in [6.45, 7) is 4.59. The van der Waals surface area contributed by atoms with Gasteiger partial charge in [-0.3, -0.25) is 0 Å². The molecule has 0 bridgehead atoms. The lowest BCUT2D eigenvalue weighted by molar-refractivity contribution is 0.0200. The zero-order valence-electron chi connectivity index (χ0n) is 15.8. The molecule has 1 aliphatic heterocycles. The van der Waals surface area contributed by atoms with E-state index < -0.39 is 10.0 Å². The number of nitrogens with one attached hydrogen (secondary N) is 3. The van der Waals surface area contributed by atoms with Crippen molar-refractivity contribution in [1.29, 1.82) is 0 Å². The number of rotatable bonds is 9. The molecule has 1 saturated heterocycles. The Morgan fingerprint density at radius 1 is 1.22 bits per heavy atom. The van der Waals surface area contributed by atoms with E-state index in [1.165, 1.54) is 0 Å². The summed E-state index contributed by atoms with van der Waals surface area (Å²) in [5, 5.41) is 6.20. The van der Waals surface area contributed by atoms with Crippen molar-refractivity contribution < 1.29 is 13.2 Å². The summed E-state index contributed by atoms with van der Waals surface area (Å²) in [4.78, 5) is 4.48. The van der Waals surface area contributed by atoms with Crippen molar-refractivity contribution in [3.63, 3.8) is 0 Å². The Morgan fingerprint density at radius 2 is 2.00 bits per heavy atom. The first-order valence-corrected chi connectivity index (χ1v) is 10.9. The number of ether oxygens (including phenoxy) is 1. The van der Waals surface area contributed by atoms with Crippen LogP contribution in [-0.2, 0) is 21.3 Å². The fourth-order valence-corrected chi connectivity index (χ4v) is 3.61.